The van der Waals surface area contributed by atoms with Gasteiger partial charge in [0.1, 0.15) is 5.82 Å². The van der Waals surface area contributed by atoms with Crippen LogP contribution < -0.4 is 10.2 Å². The van der Waals surface area contributed by atoms with Gasteiger partial charge in [-0.3, -0.25) is 4.79 Å². The van der Waals surface area contributed by atoms with E-state index in [1.165, 1.54) is 23.5 Å². The number of thiophene rings is 1. The van der Waals surface area contributed by atoms with Crippen LogP contribution in [0.3, 0.4) is 0 Å². The maximum atomic E-state index is 13.3. The molecule has 0 unspecified atom stereocenters. The van der Waals surface area contributed by atoms with E-state index in [9.17, 15) is 9.18 Å². The number of piperidine rings is 1. The minimum Gasteiger partial charge on any atom is -0.351 e. The van der Waals surface area contributed by atoms with Gasteiger partial charge in [-0.25, -0.2) is 9.37 Å². The molecule has 1 saturated heterocycles. The summed E-state index contributed by atoms with van der Waals surface area (Å²) < 4.78 is 14.2. The Bertz CT molecular complexity index is 878. The van der Waals surface area contributed by atoms with Crippen LogP contribution in [0.2, 0.25) is 0 Å². The van der Waals surface area contributed by atoms with Gasteiger partial charge in [0.05, 0.1) is 4.88 Å². The lowest BCUT2D eigenvalue weighted by Gasteiger charge is -2.32. The van der Waals surface area contributed by atoms with Gasteiger partial charge in [-0.2, -0.15) is 0 Å². The van der Waals surface area contributed by atoms with Crippen molar-refractivity contribution < 1.29 is 9.18 Å². The number of anilines is 1. The molecule has 25 heavy (non-hydrogen) atoms. The Hall–Kier alpha value is -1.99. The third kappa shape index (κ3) is 3.67. The van der Waals surface area contributed by atoms with Crippen LogP contribution >= 0.6 is 22.7 Å². The third-order valence-corrected chi connectivity index (χ3v) is 6.41. The Morgan fingerprint density at radius 3 is 3.16 bits per heavy atom. The van der Waals surface area contributed by atoms with E-state index in [-0.39, 0.29) is 11.7 Å². The fourth-order valence-electron chi connectivity index (χ4n) is 3.23. The van der Waals surface area contributed by atoms with Gasteiger partial charge < -0.3 is 10.2 Å². The second-order valence-electron chi connectivity index (χ2n) is 6.27. The number of nitrogens with one attached hydrogen (secondary N) is 1. The van der Waals surface area contributed by atoms with Gasteiger partial charge in [-0.15, -0.1) is 22.7 Å². The number of carbonyl (C=O) groups excluding carboxylic acids is 1. The van der Waals surface area contributed by atoms with E-state index in [2.05, 4.69) is 15.2 Å². The fourth-order valence-corrected chi connectivity index (χ4v) is 4.87. The van der Waals surface area contributed by atoms with Crippen molar-refractivity contribution in [2.24, 2.45) is 5.92 Å². The molecule has 1 N–H and O–H groups in total. The minimum absolute atomic E-state index is 0.0759. The first-order valence-electron chi connectivity index (χ1n) is 8.31. The molecule has 2 aromatic heterocycles. The van der Waals surface area contributed by atoms with Crippen molar-refractivity contribution in [1.82, 2.24) is 10.3 Å². The van der Waals surface area contributed by atoms with E-state index in [1.54, 1.807) is 23.5 Å². The van der Waals surface area contributed by atoms with Crippen molar-refractivity contribution in [3.63, 3.8) is 0 Å². The highest BCUT2D eigenvalue weighted by molar-refractivity contribution is 7.20. The van der Waals surface area contributed by atoms with Crippen molar-refractivity contribution in [2.45, 2.75) is 12.8 Å². The maximum Gasteiger partial charge on any atom is 0.261 e. The van der Waals surface area contributed by atoms with E-state index < -0.39 is 0 Å². The SMILES string of the molecule is O=C(NC[C@H]1CCCN(c2nccs2)C1)c1cc2cc(F)ccc2s1. The molecular weight excluding hydrogens is 357 g/mol. The number of aromatic nitrogens is 1. The van der Waals surface area contributed by atoms with Gasteiger partial charge >= 0.3 is 0 Å². The smallest absolute Gasteiger partial charge is 0.261 e. The summed E-state index contributed by atoms with van der Waals surface area (Å²) in [6, 6.07) is 6.38. The molecule has 0 radical (unpaired) electrons. The normalized spacial score (nSPS) is 17.8. The monoisotopic (exact) mass is 375 g/mol. The summed E-state index contributed by atoms with van der Waals surface area (Å²) in [5.74, 6) is 0.0724. The van der Waals surface area contributed by atoms with Crippen LogP contribution in [0, 0.1) is 11.7 Å². The molecule has 1 fully saturated rings. The van der Waals surface area contributed by atoms with Crippen LogP contribution in [-0.2, 0) is 0 Å². The Morgan fingerprint density at radius 1 is 1.40 bits per heavy atom. The average molecular weight is 375 g/mol. The van der Waals surface area contributed by atoms with Crippen LogP contribution in [0.4, 0.5) is 9.52 Å². The number of thiazole rings is 1. The third-order valence-electron chi connectivity index (χ3n) is 4.46. The van der Waals surface area contributed by atoms with E-state index in [1.807, 2.05) is 11.6 Å². The van der Waals surface area contributed by atoms with Crippen LogP contribution in [0.15, 0.2) is 35.8 Å². The predicted octanol–water partition coefficient (Wildman–Crippen LogP) is 4.14. The summed E-state index contributed by atoms with van der Waals surface area (Å²) in [5, 5.41) is 6.87. The molecular formula is C18H18FN3OS2. The summed E-state index contributed by atoms with van der Waals surface area (Å²) in [5.41, 5.74) is 0. The number of benzene rings is 1. The molecule has 0 aliphatic carbocycles. The Labute approximate surface area is 153 Å². The van der Waals surface area contributed by atoms with Gasteiger partial charge in [0, 0.05) is 35.9 Å². The first-order valence-corrected chi connectivity index (χ1v) is 10.0. The molecule has 3 heterocycles. The van der Waals surface area contributed by atoms with Crippen LogP contribution in [-0.4, -0.2) is 30.5 Å². The van der Waals surface area contributed by atoms with Gasteiger partial charge in [-0.1, -0.05) is 0 Å². The Morgan fingerprint density at radius 2 is 2.32 bits per heavy atom. The molecule has 130 valence electrons. The van der Waals surface area contributed by atoms with Gasteiger partial charge in [-0.05, 0) is 48.4 Å². The molecule has 0 spiro atoms. The lowest BCUT2D eigenvalue weighted by Crippen LogP contribution is -2.40. The maximum absolute atomic E-state index is 13.3. The second kappa shape index (κ2) is 7.09. The highest BCUT2D eigenvalue weighted by Gasteiger charge is 2.22. The standard InChI is InChI=1S/C18H18FN3OS2/c19-14-3-4-15-13(8-14)9-16(25-15)17(23)21-10-12-2-1-6-22(11-12)18-20-5-7-24-18/h3-5,7-9,12H,1-2,6,10-11H2,(H,21,23)/t12-/m1/s1. The van der Waals surface area contributed by atoms with Crippen LogP contribution in [0.5, 0.6) is 0 Å². The number of nitrogens with zero attached hydrogens (tertiary/aromatic N) is 2. The highest BCUT2D eigenvalue weighted by Crippen LogP contribution is 2.27. The number of fused-ring (bicyclic) bond motifs is 1. The number of rotatable bonds is 4. The molecule has 3 aromatic rings. The zero-order valence-electron chi connectivity index (χ0n) is 13.6. The van der Waals surface area contributed by atoms with Crippen molar-refractivity contribution >= 4 is 43.8 Å². The molecule has 1 aliphatic heterocycles. The summed E-state index contributed by atoms with van der Waals surface area (Å²) in [4.78, 5) is 19.7. The van der Waals surface area contributed by atoms with Gasteiger partial charge in [0.2, 0.25) is 0 Å². The van der Waals surface area contributed by atoms with Crippen molar-refractivity contribution in [2.75, 3.05) is 24.5 Å². The highest BCUT2D eigenvalue weighted by atomic mass is 32.1. The number of hydrogen-bond acceptors (Lipinski definition) is 5. The lowest BCUT2D eigenvalue weighted by atomic mass is 9.98. The van der Waals surface area contributed by atoms with E-state index in [0.29, 0.717) is 17.3 Å². The predicted molar refractivity (Wildman–Crippen MR) is 101 cm³/mol. The van der Waals surface area contributed by atoms with Crippen molar-refractivity contribution in [1.29, 1.82) is 0 Å². The van der Waals surface area contributed by atoms with Gasteiger partial charge in [0.25, 0.3) is 5.91 Å². The zero-order valence-corrected chi connectivity index (χ0v) is 15.2. The quantitative estimate of drug-likeness (QED) is 0.745. The molecule has 4 nitrogen and oxygen atoms in total. The topological polar surface area (TPSA) is 45.2 Å². The first-order chi connectivity index (χ1) is 12.2. The van der Waals surface area contributed by atoms with E-state index in [0.717, 1.165) is 41.1 Å². The fraction of sp³-hybridized carbons (Fsp3) is 0.333. The second-order valence-corrected chi connectivity index (χ2v) is 8.23. The average Bonchev–Trinajstić information content (AvgIpc) is 3.29. The Balaban J connectivity index is 1.37. The Kier molecular flexibility index (Phi) is 4.67. The number of hydrogen-bond donors (Lipinski definition) is 1. The lowest BCUT2D eigenvalue weighted by molar-refractivity contribution is 0.0950. The molecule has 1 atom stereocenters. The zero-order chi connectivity index (χ0) is 17.2. The molecule has 0 bridgehead atoms. The van der Waals surface area contributed by atoms with Crippen molar-refractivity contribution in [3.05, 3.63) is 46.5 Å². The molecule has 0 saturated carbocycles. The molecule has 4 rings (SSSR count). The minimum atomic E-state index is -0.276. The summed E-state index contributed by atoms with van der Waals surface area (Å²) in [6.07, 6.45) is 4.05. The van der Waals surface area contributed by atoms with Crippen LogP contribution in [0.25, 0.3) is 10.1 Å². The summed E-state index contributed by atoms with van der Waals surface area (Å²) >= 11 is 3.06. The number of carbonyl (C=O) groups is 1. The number of amides is 1. The molecule has 1 aliphatic rings. The van der Waals surface area contributed by atoms with Crippen molar-refractivity contribution in [3.8, 4) is 0 Å². The first kappa shape index (κ1) is 16.5. The van der Waals surface area contributed by atoms with E-state index in [4.69, 9.17) is 0 Å². The van der Waals surface area contributed by atoms with E-state index >= 15 is 0 Å². The number of halogens is 1. The largest absolute Gasteiger partial charge is 0.351 e. The molecule has 1 aromatic carbocycles. The molecule has 1 amide bonds. The molecule has 7 heteroatoms. The summed E-state index contributed by atoms with van der Waals surface area (Å²) in [6.45, 7) is 2.61. The van der Waals surface area contributed by atoms with Gasteiger partial charge in [0.15, 0.2) is 5.13 Å². The van der Waals surface area contributed by atoms with Crippen LogP contribution in [0.1, 0.15) is 22.5 Å². The summed E-state index contributed by atoms with van der Waals surface area (Å²) in [7, 11) is 0.